The summed E-state index contributed by atoms with van der Waals surface area (Å²) in [4.78, 5) is 27.2. The van der Waals surface area contributed by atoms with Gasteiger partial charge in [0.25, 0.3) is 5.91 Å². The van der Waals surface area contributed by atoms with Crippen molar-refractivity contribution in [3.8, 4) is 11.5 Å². The van der Waals surface area contributed by atoms with Crippen molar-refractivity contribution >= 4 is 11.9 Å². The standard InChI is InChI=1S/C34H35NO5/c1-24(2)29-19-30(33(36)35(3)21-25-15-17-28(18-16-25)34(37)38-4)32(40-23-27-13-9-6-10-14-27)20-31(29)39-22-26-11-7-5-8-12-26/h5-20,24H,21-23H2,1-4H3. The van der Waals surface area contributed by atoms with Crippen LogP contribution >= 0.6 is 0 Å². The summed E-state index contributed by atoms with van der Waals surface area (Å²) in [6, 6.07) is 30.6. The van der Waals surface area contributed by atoms with Crippen LogP contribution in [0.5, 0.6) is 11.5 Å². The topological polar surface area (TPSA) is 65.1 Å². The maximum absolute atomic E-state index is 13.8. The van der Waals surface area contributed by atoms with Crippen LogP contribution in [0.15, 0.2) is 97.1 Å². The first kappa shape index (κ1) is 28.4. The van der Waals surface area contributed by atoms with Crippen molar-refractivity contribution in [3.05, 3.63) is 130 Å². The van der Waals surface area contributed by atoms with E-state index >= 15 is 0 Å². The SMILES string of the molecule is COC(=O)c1ccc(CN(C)C(=O)c2cc(C(C)C)c(OCc3ccccc3)cc2OCc2ccccc2)cc1. The molecule has 0 heterocycles. The zero-order valence-corrected chi connectivity index (χ0v) is 23.4. The van der Waals surface area contributed by atoms with E-state index < -0.39 is 5.97 Å². The van der Waals surface area contributed by atoms with Gasteiger partial charge in [-0.05, 0) is 46.4 Å². The van der Waals surface area contributed by atoms with Crippen LogP contribution in [-0.2, 0) is 24.5 Å². The van der Waals surface area contributed by atoms with Crippen molar-refractivity contribution in [1.29, 1.82) is 0 Å². The van der Waals surface area contributed by atoms with E-state index in [4.69, 9.17) is 14.2 Å². The molecule has 0 saturated carbocycles. The van der Waals surface area contributed by atoms with Gasteiger partial charge >= 0.3 is 5.97 Å². The molecule has 0 spiro atoms. The molecule has 0 bridgehead atoms. The first-order chi connectivity index (χ1) is 19.4. The lowest BCUT2D eigenvalue weighted by Crippen LogP contribution is -2.27. The summed E-state index contributed by atoms with van der Waals surface area (Å²) >= 11 is 0. The quantitative estimate of drug-likeness (QED) is 0.192. The van der Waals surface area contributed by atoms with Gasteiger partial charge in [0.1, 0.15) is 24.7 Å². The van der Waals surface area contributed by atoms with E-state index in [2.05, 4.69) is 13.8 Å². The highest BCUT2D eigenvalue weighted by Crippen LogP contribution is 2.35. The van der Waals surface area contributed by atoms with Gasteiger partial charge in [-0.1, -0.05) is 86.6 Å². The summed E-state index contributed by atoms with van der Waals surface area (Å²) in [6.45, 7) is 5.25. The minimum atomic E-state index is -0.396. The van der Waals surface area contributed by atoms with E-state index in [-0.39, 0.29) is 11.8 Å². The van der Waals surface area contributed by atoms with Crippen LogP contribution < -0.4 is 9.47 Å². The predicted molar refractivity (Wildman–Crippen MR) is 156 cm³/mol. The average molecular weight is 538 g/mol. The number of hydrogen-bond acceptors (Lipinski definition) is 5. The molecule has 206 valence electrons. The van der Waals surface area contributed by atoms with Crippen LogP contribution in [0.3, 0.4) is 0 Å². The molecule has 0 aromatic heterocycles. The number of benzene rings is 4. The summed E-state index contributed by atoms with van der Waals surface area (Å²) in [6.07, 6.45) is 0. The molecule has 6 nitrogen and oxygen atoms in total. The van der Waals surface area contributed by atoms with Crippen LogP contribution in [0.1, 0.15) is 62.7 Å². The van der Waals surface area contributed by atoms with Gasteiger partial charge in [0, 0.05) is 19.7 Å². The van der Waals surface area contributed by atoms with Gasteiger partial charge in [0.05, 0.1) is 18.2 Å². The molecule has 0 aliphatic heterocycles. The van der Waals surface area contributed by atoms with Crippen molar-refractivity contribution in [2.75, 3.05) is 14.2 Å². The molecule has 4 aromatic rings. The number of ether oxygens (including phenoxy) is 3. The second-order valence-corrected chi connectivity index (χ2v) is 9.94. The minimum Gasteiger partial charge on any atom is -0.488 e. The Kier molecular flexibility index (Phi) is 9.57. The Balaban J connectivity index is 1.62. The number of esters is 1. The largest absolute Gasteiger partial charge is 0.488 e. The van der Waals surface area contributed by atoms with E-state index in [0.29, 0.717) is 42.4 Å². The number of carbonyl (C=O) groups excluding carboxylic acids is 2. The van der Waals surface area contributed by atoms with E-state index in [9.17, 15) is 9.59 Å². The third-order valence-electron chi connectivity index (χ3n) is 6.58. The first-order valence-corrected chi connectivity index (χ1v) is 13.3. The summed E-state index contributed by atoms with van der Waals surface area (Å²) in [5.74, 6) is 0.717. The predicted octanol–water partition coefficient (Wildman–Crippen LogP) is 7.03. The van der Waals surface area contributed by atoms with Gasteiger partial charge in [-0.3, -0.25) is 4.79 Å². The molecule has 6 heteroatoms. The molecule has 0 aliphatic carbocycles. The van der Waals surface area contributed by atoms with E-state index in [1.807, 2.05) is 84.9 Å². The number of methoxy groups -OCH3 is 1. The third kappa shape index (κ3) is 7.29. The smallest absolute Gasteiger partial charge is 0.337 e. The van der Waals surface area contributed by atoms with Crippen LogP contribution in [0.25, 0.3) is 0 Å². The van der Waals surface area contributed by atoms with Gasteiger partial charge in [-0.15, -0.1) is 0 Å². The number of amides is 1. The first-order valence-electron chi connectivity index (χ1n) is 13.3. The second kappa shape index (κ2) is 13.5. The van der Waals surface area contributed by atoms with E-state index in [1.165, 1.54) is 7.11 Å². The van der Waals surface area contributed by atoms with Crippen molar-refractivity contribution < 1.29 is 23.8 Å². The zero-order chi connectivity index (χ0) is 28.5. The Morgan fingerprint density at radius 1 is 0.725 bits per heavy atom. The van der Waals surface area contributed by atoms with Gasteiger partial charge in [0.2, 0.25) is 0 Å². The minimum absolute atomic E-state index is 0.122. The molecule has 0 unspecified atom stereocenters. The highest BCUT2D eigenvalue weighted by Gasteiger charge is 2.22. The molecule has 0 atom stereocenters. The molecule has 4 rings (SSSR count). The van der Waals surface area contributed by atoms with Gasteiger partial charge < -0.3 is 19.1 Å². The van der Waals surface area contributed by atoms with E-state index in [0.717, 1.165) is 22.3 Å². The van der Waals surface area contributed by atoms with E-state index in [1.54, 1.807) is 24.1 Å². The van der Waals surface area contributed by atoms with Crippen LogP contribution in [0.2, 0.25) is 0 Å². The maximum Gasteiger partial charge on any atom is 0.337 e. The Hall–Kier alpha value is -4.58. The van der Waals surface area contributed by atoms with Crippen LogP contribution in [0, 0.1) is 0 Å². The Bertz CT molecular complexity index is 1420. The second-order valence-electron chi connectivity index (χ2n) is 9.94. The molecule has 0 N–H and O–H groups in total. The number of rotatable bonds is 11. The molecule has 0 aliphatic rings. The van der Waals surface area contributed by atoms with Gasteiger partial charge in [0.15, 0.2) is 0 Å². The molecular weight excluding hydrogens is 502 g/mol. The molecule has 4 aromatic carbocycles. The summed E-state index contributed by atoms with van der Waals surface area (Å²) < 4.78 is 17.3. The van der Waals surface area contributed by atoms with Gasteiger partial charge in [-0.2, -0.15) is 0 Å². The molecule has 1 amide bonds. The average Bonchev–Trinajstić information content (AvgIpc) is 2.99. The van der Waals surface area contributed by atoms with Crippen molar-refractivity contribution in [2.24, 2.45) is 0 Å². The van der Waals surface area contributed by atoms with Crippen LogP contribution in [0.4, 0.5) is 0 Å². The molecule has 0 radical (unpaired) electrons. The number of carbonyl (C=O) groups is 2. The molecule has 0 saturated heterocycles. The highest BCUT2D eigenvalue weighted by molar-refractivity contribution is 5.97. The number of hydrogen-bond donors (Lipinski definition) is 0. The Labute approximate surface area is 236 Å². The monoisotopic (exact) mass is 537 g/mol. The molecule has 40 heavy (non-hydrogen) atoms. The molecule has 0 fully saturated rings. The third-order valence-corrected chi connectivity index (χ3v) is 6.58. The fourth-order valence-electron chi connectivity index (χ4n) is 4.33. The van der Waals surface area contributed by atoms with Gasteiger partial charge in [-0.25, -0.2) is 4.79 Å². The van der Waals surface area contributed by atoms with Crippen molar-refractivity contribution in [1.82, 2.24) is 4.90 Å². The Morgan fingerprint density at radius 2 is 1.27 bits per heavy atom. The molecular formula is C34H35NO5. The summed E-state index contributed by atoms with van der Waals surface area (Å²) in [7, 11) is 3.11. The summed E-state index contributed by atoms with van der Waals surface area (Å²) in [5.41, 5.74) is 4.82. The summed E-state index contributed by atoms with van der Waals surface area (Å²) in [5, 5.41) is 0. The Morgan fingerprint density at radius 3 is 1.80 bits per heavy atom. The lowest BCUT2D eigenvalue weighted by atomic mass is 9.98. The lowest BCUT2D eigenvalue weighted by molar-refractivity contribution is 0.0600. The maximum atomic E-state index is 13.8. The fraction of sp³-hybridized carbons (Fsp3) is 0.235. The lowest BCUT2D eigenvalue weighted by Gasteiger charge is -2.23. The fourth-order valence-corrected chi connectivity index (χ4v) is 4.33. The van der Waals surface area contributed by atoms with Crippen molar-refractivity contribution in [3.63, 3.8) is 0 Å². The zero-order valence-electron chi connectivity index (χ0n) is 23.4. The van der Waals surface area contributed by atoms with Crippen molar-refractivity contribution in [2.45, 2.75) is 39.5 Å². The highest BCUT2D eigenvalue weighted by atomic mass is 16.5. The number of nitrogens with zero attached hydrogens (tertiary/aromatic N) is 1. The normalized spacial score (nSPS) is 10.7. The van der Waals surface area contributed by atoms with Crippen LogP contribution in [-0.4, -0.2) is 30.9 Å².